The van der Waals surface area contributed by atoms with E-state index >= 15 is 0 Å². The van der Waals surface area contributed by atoms with E-state index in [1.54, 1.807) is 7.11 Å². The van der Waals surface area contributed by atoms with Crippen LogP contribution in [-0.4, -0.2) is 23.9 Å². The van der Waals surface area contributed by atoms with Gasteiger partial charge in [0, 0.05) is 21.4 Å². The number of hydrogen-bond acceptors (Lipinski definition) is 4. The molecule has 5 rings (SSSR count). The van der Waals surface area contributed by atoms with E-state index in [1.165, 1.54) is 0 Å². The standard InChI is InChI=1S/C27H26BrN3O3S/c1-15-8-13-20(16(2)14-15)29-25(32)22-23-19-6-5-7-21(33-4)24(19)34-27(22,3)31(26(35)30-23)18-11-9-17(28)10-12-18/h5-14,22-23H,1-4H3,(H,29,32)(H,30,35)/t22-,23+,27+/m1/s1. The fourth-order valence-corrected chi connectivity index (χ4v) is 5.75. The Morgan fingerprint density at radius 2 is 1.91 bits per heavy atom. The van der Waals surface area contributed by atoms with Crippen molar-refractivity contribution in [2.24, 2.45) is 5.92 Å². The maximum atomic E-state index is 14.0. The van der Waals surface area contributed by atoms with Crippen LogP contribution in [0.3, 0.4) is 0 Å². The third-order valence-corrected chi connectivity index (χ3v) is 7.55. The summed E-state index contributed by atoms with van der Waals surface area (Å²) in [6.07, 6.45) is 0. The van der Waals surface area contributed by atoms with Crippen LogP contribution in [0, 0.1) is 19.8 Å². The third kappa shape index (κ3) is 3.94. The minimum atomic E-state index is -1.12. The number of nitrogens with zero attached hydrogens (tertiary/aromatic N) is 1. The molecule has 2 bridgehead atoms. The van der Waals surface area contributed by atoms with Crippen LogP contribution >= 0.6 is 28.1 Å². The van der Waals surface area contributed by atoms with Crippen molar-refractivity contribution in [3.63, 3.8) is 0 Å². The summed E-state index contributed by atoms with van der Waals surface area (Å²) in [6.45, 7) is 5.94. The summed E-state index contributed by atoms with van der Waals surface area (Å²) in [4.78, 5) is 15.9. The van der Waals surface area contributed by atoms with Gasteiger partial charge >= 0.3 is 0 Å². The molecule has 0 spiro atoms. The number of methoxy groups -OCH3 is 1. The number of carbonyl (C=O) groups is 1. The predicted octanol–water partition coefficient (Wildman–Crippen LogP) is 5.87. The van der Waals surface area contributed by atoms with Crippen molar-refractivity contribution in [2.45, 2.75) is 32.5 Å². The molecule has 0 aromatic heterocycles. The number of benzene rings is 3. The molecule has 180 valence electrons. The summed E-state index contributed by atoms with van der Waals surface area (Å²) in [5.41, 5.74) is 3.44. The number of carbonyl (C=O) groups excluding carboxylic acids is 1. The second kappa shape index (κ2) is 8.84. The molecule has 2 aliphatic rings. The van der Waals surface area contributed by atoms with Gasteiger partial charge < -0.3 is 20.1 Å². The lowest BCUT2D eigenvalue weighted by Gasteiger charge is -2.56. The Kier molecular flexibility index (Phi) is 5.97. The van der Waals surface area contributed by atoms with E-state index in [2.05, 4.69) is 32.6 Å². The molecule has 3 aromatic carbocycles. The summed E-state index contributed by atoms with van der Waals surface area (Å²) in [5, 5.41) is 7.07. The fraction of sp³-hybridized carbons (Fsp3) is 0.259. The van der Waals surface area contributed by atoms with Crippen molar-refractivity contribution in [3.8, 4) is 11.5 Å². The molecule has 0 aliphatic carbocycles. The van der Waals surface area contributed by atoms with Crippen molar-refractivity contribution in [3.05, 3.63) is 81.8 Å². The fourth-order valence-electron chi connectivity index (χ4n) is 5.07. The topological polar surface area (TPSA) is 62.8 Å². The van der Waals surface area contributed by atoms with Gasteiger partial charge in [-0.2, -0.15) is 0 Å². The molecule has 0 radical (unpaired) electrons. The lowest BCUT2D eigenvalue weighted by Crippen LogP contribution is -2.72. The van der Waals surface area contributed by atoms with Crippen molar-refractivity contribution < 1.29 is 14.3 Å². The van der Waals surface area contributed by atoms with E-state index in [0.717, 1.165) is 32.5 Å². The highest BCUT2D eigenvalue weighted by Gasteiger charge is 2.59. The Morgan fingerprint density at radius 3 is 2.60 bits per heavy atom. The normalized spacial score (nSPS) is 22.5. The number of hydrogen-bond donors (Lipinski definition) is 2. The SMILES string of the molecule is COc1cccc2c1O[C@@]1(C)[C@@H](C(=O)Nc3ccc(C)cc3C)[C@H]2NC(=S)N1c1ccc(Br)cc1. The first kappa shape index (κ1) is 23.6. The summed E-state index contributed by atoms with van der Waals surface area (Å²) in [6, 6.07) is 19.1. The van der Waals surface area contributed by atoms with Crippen molar-refractivity contribution in [1.82, 2.24) is 5.32 Å². The van der Waals surface area contributed by atoms with Gasteiger partial charge in [-0.15, -0.1) is 0 Å². The molecule has 3 atom stereocenters. The van der Waals surface area contributed by atoms with Crippen molar-refractivity contribution in [1.29, 1.82) is 0 Å². The number of ether oxygens (including phenoxy) is 2. The maximum Gasteiger partial charge on any atom is 0.236 e. The highest BCUT2D eigenvalue weighted by molar-refractivity contribution is 9.10. The van der Waals surface area contributed by atoms with Crippen LogP contribution in [0.1, 0.15) is 29.7 Å². The zero-order valence-electron chi connectivity index (χ0n) is 19.9. The molecular weight excluding hydrogens is 526 g/mol. The largest absolute Gasteiger partial charge is 0.493 e. The van der Waals surface area contributed by atoms with Gasteiger partial charge in [-0.25, -0.2) is 0 Å². The minimum Gasteiger partial charge on any atom is -0.493 e. The van der Waals surface area contributed by atoms with Crippen molar-refractivity contribution >= 4 is 50.5 Å². The average molecular weight is 552 g/mol. The molecule has 3 aromatic rings. The number of amides is 1. The Labute approximate surface area is 218 Å². The zero-order chi connectivity index (χ0) is 24.9. The molecule has 35 heavy (non-hydrogen) atoms. The van der Waals surface area contributed by atoms with Crippen LogP contribution in [-0.2, 0) is 4.79 Å². The first-order valence-corrected chi connectivity index (χ1v) is 12.5. The molecule has 6 nitrogen and oxygen atoms in total. The Morgan fingerprint density at radius 1 is 1.17 bits per heavy atom. The molecule has 1 saturated heterocycles. The molecule has 1 amide bonds. The summed E-state index contributed by atoms with van der Waals surface area (Å²) in [5.74, 6) is 0.431. The number of halogens is 1. The highest BCUT2D eigenvalue weighted by atomic mass is 79.9. The van der Waals surface area contributed by atoms with E-state index in [4.69, 9.17) is 21.7 Å². The number of rotatable bonds is 4. The van der Waals surface area contributed by atoms with Crippen LogP contribution < -0.4 is 25.0 Å². The number of para-hydroxylation sites is 1. The van der Waals surface area contributed by atoms with E-state index in [0.29, 0.717) is 16.6 Å². The van der Waals surface area contributed by atoms with Crippen LogP contribution in [0.4, 0.5) is 11.4 Å². The molecule has 1 fully saturated rings. The molecule has 8 heteroatoms. The van der Waals surface area contributed by atoms with Gasteiger partial charge in [0.15, 0.2) is 22.3 Å². The number of thiocarbonyl (C=S) groups is 1. The lowest BCUT2D eigenvalue weighted by atomic mass is 9.78. The van der Waals surface area contributed by atoms with Gasteiger partial charge in [-0.1, -0.05) is 45.8 Å². The monoisotopic (exact) mass is 551 g/mol. The molecular formula is C27H26BrN3O3S. The smallest absolute Gasteiger partial charge is 0.236 e. The van der Waals surface area contributed by atoms with E-state index in [9.17, 15) is 4.79 Å². The predicted molar refractivity (Wildman–Crippen MR) is 145 cm³/mol. The molecule has 0 saturated carbocycles. The Hall–Kier alpha value is -3.10. The van der Waals surface area contributed by atoms with Crippen LogP contribution in [0.25, 0.3) is 0 Å². The summed E-state index contributed by atoms with van der Waals surface area (Å²) < 4.78 is 13.3. The Balaban J connectivity index is 1.64. The van der Waals surface area contributed by atoms with E-state index in [1.807, 2.05) is 80.3 Å². The van der Waals surface area contributed by atoms with Gasteiger partial charge in [0.25, 0.3) is 0 Å². The number of fused-ring (bicyclic) bond motifs is 4. The summed E-state index contributed by atoms with van der Waals surface area (Å²) in [7, 11) is 1.61. The van der Waals surface area contributed by atoms with Gasteiger partial charge in [-0.05, 0) is 75.0 Å². The number of anilines is 2. The first-order valence-electron chi connectivity index (χ1n) is 11.3. The van der Waals surface area contributed by atoms with Crippen LogP contribution in [0.15, 0.2) is 65.1 Å². The summed E-state index contributed by atoms with van der Waals surface area (Å²) >= 11 is 9.32. The van der Waals surface area contributed by atoms with Gasteiger partial charge in [0.05, 0.1) is 13.2 Å². The quantitative estimate of drug-likeness (QED) is 0.395. The van der Waals surface area contributed by atoms with Gasteiger partial charge in [0.2, 0.25) is 5.91 Å². The lowest BCUT2D eigenvalue weighted by molar-refractivity contribution is -0.130. The maximum absolute atomic E-state index is 14.0. The van der Waals surface area contributed by atoms with Gasteiger partial charge in [-0.3, -0.25) is 9.69 Å². The Bertz CT molecular complexity index is 1330. The highest BCUT2D eigenvalue weighted by Crippen LogP contribution is 2.52. The molecule has 2 N–H and O–H groups in total. The third-order valence-electron chi connectivity index (χ3n) is 6.72. The molecule has 2 aliphatic heterocycles. The molecule has 2 heterocycles. The minimum absolute atomic E-state index is 0.157. The first-order chi connectivity index (χ1) is 16.7. The van der Waals surface area contributed by atoms with Crippen LogP contribution in [0.2, 0.25) is 0 Å². The number of aryl methyl sites for hydroxylation is 2. The van der Waals surface area contributed by atoms with Crippen molar-refractivity contribution in [2.75, 3.05) is 17.3 Å². The second-order valence-electron chi connectivity index (χ2n) is 9.06. The second-order valence-corrected chi connectivity index (χ2v) is 10.4. The average Bonchev–Trinajstić information content (AvgIpc) is 2.81. The van der Waals surface area contributed by atoms with E-state index in [-0.39, 0.29) is 5.91 Å². The molecule has 0 unspecified atom stereocenters. The zero-order valence-corrected chi connectivity index (χ0v) is 22.3. The van der Waals surface area contributed by atoms with Gasteiger partial charge in [0.1, 0.15) is 5.92 Å². The van der Waals surface area contributed by atoms with Crippen LogP contribution in [0.5, 0.6) is 11.5 Å². The number of nitrogens with one attached hydrogen (secondary N) is 2. The van der Waals surface area contributed by atoms with E-state index < -0.39 is 17.7 Å².